The highest BCUT2D eigenvalue weighted by Crippen LogP contribution is 2.32. The fourth-order valence-electron chi connectivity index (χ4n) is 3.59. The average Bonchev–Trinajstić information content (AvgIpc) is 3.06. The number of hydrogen-bond donors (Lipinski definition) is 0. The van der Waals surface area contributed by atoms with Crippen LogP contribution in [0.15, 0.2) is 56.8 Å². The van der Waals surface area contributed by atoms with Gasteiger partial charge in [-0.3, -0.25) is 0 Å². The topological polar surface area (TPSA) is 60.9 Å². The van der Waals surface area contributed by atoms with Gasteiger partial charge in [-0.2, -0.15) is 0 Å². The molecule has 5 nitrogen and oxygen atoms in total. The van der Waals surface area contributed by atoms with Gasteiger partial charge >= 0.3 is 5.63 Å². The van der Waals surface area contributed by atoms with Crippen molar-refractivity contribution < 1.29 is 4.42 Å². The zero-order valence-corrected chi connectivity index (χ0v) is 18.8. The standard InChI is InChI=1S/C23H22ClN3O2S/c1-13(2)17-11-18-15(10-21(28)29-20(18)9-14(17)3)12-30-23-26-25-22(27(23)4)16-7-5-6-8-19(16)24/h5-11,13H,12H2,1-4H3. The van der Waals surface area contributed by atoms with Crippen LogP contribution in [0.1, 0.15) is 36.5 Å². The molecular formula is C23H22ClN3O2S. The number of aryl methyl sites for hydroxylation is 1. The molecule has 0 bridgehead atoms. The van der Waals surface area contributed by atoms with E-state index in [-0.39, 0.29) is 5.63 Å². The molecule has 0 radical (unpaired) electrons. The number of benzene rings is 2. The molecule has 0 aliphatic rings. The highest BCUT2D eigenvalue weighted by Gasteiger charge is 2.16. The van der Waals surface area contributed by atoms with Gasteiger partial charge < -0.3 is 8.98 Å². The second-order valence-corrected chi connectivity index (χ2v) is 8.93. The minimum absolute atomic E-state index is 0.343. The zero-order valence-electron chi connectivity index (χ0n) is 17.3. The first kappa shape index (κ1) is 20.7. The normalized spacial score (nSPS) is 11.5. The third-order valence-corrected chi connectivity index (χ3v) is 6.54. The van der Waals surface area contributed by atoms with Crippen molar-refractivity contribution >= 4 is 34.3 Å². The molecule has 0 amide bonds. The van der Waals surface area contributed by atoms with E-state index in [2.05, 4.69) is 30.1 Å². The molecule has 154 valence electrons. The second kappa shape index (κ2) is 8.28. The Morgan fingerprint density at radius 2 is 1.93 bits per heavy atom. The summed E-state index contributed by atoms with van der Waals surface area (Å²) in [4.78, 5) is 12.1. The summed E-state index contributed by atoms with van der Waals surface area (Å²) in [6, 6.07) is 13.2. The minimum atomic E-state index is -0.343. The molecule has 0 fully saturated rings. The number of nitrogens with zero attached hydrogens (tertiary/aromatic N) is 3. The number of halogens is 1. The third-order valence-electron chi connectivity index (χ3n) is 5.15. The van der Waals surface area contributed by atoms with Crippen molar-refractivity contribution in [1.29, 1.82) is 0 Å². The van der Waals surface area contributed by atoms with E-state index in [0.717, 1.165) is 27.2 Å². The molecule has 2 aromatic carbocycles. The maximum absolute atomic E-state index is 12.1. The van der Waals surface area contributed by atoms with Crippen LogP contribution in [-0.2, 0) is 12.8 Å². The van der Waals surface area contributed by atoms with Crippen LogP contribution in [0.25, 0.3) is 22.4 Å². The lowest BCUT2D eigenvalue weighted by Crippen LogP contribution is -2.02. The summed E-state index contributed by atoms with van der Waals surface area (Å²) < 4.78 is 7.38. The van der Waals surface area contributed by atoms with Crippen molar-refractivity contribution in [2.24, 2.45) is 7.05 Å². The quantitative estimate of drug-likeness (QED) is 0.283. The van der Waals surface area contributed by atoms with Gasteiger partial charge in [0.1, 0.15) is 5.58 Å². The summed E-state index contributed by atoms with van der Waals surface area (Å²) in [6.45, 7) is 6.38. The van der Waals surface area contributed by atoms with Crippen molar-refractivity contribution in [2.75, 3.05) is 0 Å². The van der Waals surface area contributed by atoms with Crippen LogP contribution in [-0.4, -0.2) is 14.8 Å². The molecule has 2 aromatic heterocycles. The van der Waals surface area contributed by atoms with Gasteiger partial charge in [0.2, 0.25) is 0 Å². The first-order chi connectivity index (χ1) is 14.3. The van der Waals surface area contributed by atoms with E-state index in [1.807, 2.05) is 48.9 Å². The molecule has 0 saturated heterocycles. The predicted octanol–water partition coefficient (Wildman–Crippen LogP) is 5.97. The van der Waals surface area contributed by atoms with Crippen LogP contribution >= 0.6 is 23.4 Å². The van der Waals surface area contributed by atoms with E-state index in [4.69, 9.17) is 16.0 Å². The van der Waals surface area contributed by atoms with Gasteiger partial charge in [-0.05, 0) is 53.8 Å². The number of rotatable bonds is 5. The van der Waals surface area contributed by atoms with Crippen LogP contribution in [0.2, 0.25) is 5.02 Å². The molecule has 0 N–H and O–H groups in total. The molecule has 7 heteroatoms. The molecule has 4 aromatic rings. The van der Waals surface area contributed by atoms with E-state index in [1.165, 1.54) is 17.3 Å². The highest BCUT2D eigenvalue weighted by molar-refractivity contribution is 7.98. The Kier molecular flexibility index (Phi) is 5.71. The number of hydrogen-bond acceptors (Lipinski definition) is 5. The Morgan fingerprint density at radius 1 is 1.17 bits per heavy atom. The van der Waals surface area contributed by atoms with E-state index in [1.54, 1.807) is 6.07 Å². The lowest BCUT2D eigenvalue weighted by atomic mass is 9.95. The Labute approximate surface area is 184 Å². The Hall–Kier alpha value is -2.57. The maximum atomic E-state index is 12.1. The van der Waals surface area contributed by atoms with Crippen molar-refractivity contribution in [3.63, 3.8) is 0 Å². The highest BCUT2D eigenvalue weighted by atomic mass is 35.5. The molecule has 4 rings (SSSR count). The molecule has 0 unspecified atom stereocenters. The van der Waals surface area contributed by atoms with Gasteiger partial charge in [0, 0.05) is 29.8 Å². The molecule has 0 saturated carbocycles. The molecule has 0 aliphatic carbocycles. The summed E-state index contributed by atoms with van der Waals surface area (Å²) in [5.74, 6) is 1.67. The van der Waals surface area contributed by atoms with Gasteiger partial charge in [0.05, 0.1) is 5.02 Å². The third kappa shape index (κ3) is 3.89. The minimum Gasteiger partial charge on any atom is -0.423 e. The zero-order chi connectivity index (χ0) is 21.4. The predicted molar refractivity (Wildman–Crippen MR) is 122 cm³/mol. The van der Waals surface area contributed by atoms with Gasteiger partial charge in [0.15, 0.2) is 11.0 Å². The van der Waals surface area contributed by atoms with Crippen molar-refractivity contribution in [2.45, 2.75) is 37.6 Å². The largest absolute Gasteiger partial charge is 0.423 e. The van der Waals surface area contributed by atoms with Crippen LogP contribution in [0.3, 0.4) is 0 Å². The van der Waals surface area contributed by atoms with E-state index in [0.29, 0.717) is 28.1 Å². The van der Waals surface area contributed by atoms with Gasteiger partial charge in [0.25, 0.3) is 0 Å². The van der Waals surface area contributed by atoms with Gasteiger partial charge in [-0.15, -0.1) is 10.2 Å². The van der Waals surface area contributed by atoms with Gasteiger partial charge in [-0.1, -0.05) is 49.3 Å². The Balaban J connectivity index is 1.68. The second-order valence-electron chi connectivity index (χ2n) is 7.58. The molecule has 2 heterocycles. The Bertz CT molecular complexity index is 1290. The van der Waals surface area contributed by atoms with Crippen LogP contribution in [0.4, 0.5) is 0 Å². The smallest absolute Gasteiger partial charge is 0.336 e. The summed E-state index contributed by atoms with van der Waals surface area (Å²) >= 11 is 7.84. The Morgan fingerprint density at radius 3 is 2.67 bits per heavy atom. The van der Waals surface area contributed by atoms with Crippen LogP contribution in [0, 0.1) is 6.92 Å². The summed E-state index contributed by atoms with van der Waals surface area (Å²) in [7, 11) is 1.92. The number of thioether (sulfide) groups is 1. The summed E-state index contributed by atoms with van der Waals surface area (Å²) in [5, 5.41) is 11.0. The van der Waals surface area contributed by atoms with E-state index >= 15 is 0 Å². The lowest BCUT2D eigenvalue weighted by Gasteiger charge is -2.13. The molecule has 30 heavy (non-hydrogen) atoms. The lowest BCUT2D eigenvalue weighted by molar-refractivity contribution is 0.559. The molecule has 0 aliphatic heterocycles. The van der Waals surface area contributed by atoms with E-state index in [9.17, 15) is 4.79 Å². The maximum Gasteiger partial charge on any atom is 0.336 e. The van der Waals surface area contributed by atoms with Gasteiger partial charge in [-0.25, -0.2) is 4.79 Å². The molecular weight excluding hydrogens is 418 g/mol. The van der Waals surface area contributed by atoms with Crippen molar-refractivity contribution in [1.82, 2.24) is 14.8 Å². The SMILES string of the molecule is Cc1cc2oc(=O)cc(CSc3nnc(-c4ccccc4Cl)n3C)c2cc1C(C)C. The van der Waals surface area contributed by atoms with Crippen LogP contribution < -0.4 is 5.63 Å². The first-order valence-corrected chi connectivity index (χ1v) is 11.1. The monoisotopic (exact) mass is 439 g/mol. The fraction of sp³-hybridized carbons (Fsp3) is 0.261. The van der Waals surface area contributed by atoms with Crippen LogP contribution in [0.5, 0.6) is 0 Å². The fourth-order valence-corrected chi connectivity index (χ4v) is 4.72. The molecule has 0 spiro atoms. The van der Waals surface area contributed by atoms with Crippen molar-refractivity contribution in [3.05, 3.63) is 74.6 Å². The number of fused-ring (bicyclic) bond motifs is 1. The molecule has 0 atom stereocenters. The van der Waals surface area contributed by atoms with E-state index < -0.39 is 0 Å². The first-order valence-electron chi connectivity index (χ1n) is 9.69. The summed E-state index contributed by atoms with van der Waals surface area (Å²) in [5.41, 5.74) is 4.42. The van der Waals surface area contributed by atoms with Crippen molar-refractivity contribution in [3.8, 4) is 11.4 Å². The summed E-state index contributed by atoms with van der Waals surface area (Å²) in [6.07, 6.45) is 0. The average molecular weight is 440 g/mol. The number of aromatic nitrogens is 3.